The molecule has 0 radical (unpaired) electrons. The van der Waals surface area contributed by atoms with Crippen molar-refractivity contribution in [3.05, 3.63) is 0 Å². The summed E-state index contributed by atoms with van der Waals surface area (Å²) in [4.78, 5) is 11.9. The molecule has 2 saturated carbocycles. The zero-order valence-corrected chi connectivity index (χ0v) is 12.8. The lowest BCUT2D eigenvalue weighted by Gasteiger charge is -2.33. The van der Waals surface area contributed by atoms with Crippen molar-refractivity contribution in [3.8, 4) is 0 Å². The van der Waals surface area contributed by atoms with Gasteiger partial charge < -0.3 is 15.8 Å². The molecule has 2 aliphatic rings. The molecule has 0 aromatic heterocycles. The summed E-state index contributed by atoms with van der Waals surface area (Å²) < 4.78 is 5.85. The third-order valence-electron chi connectivity index (χ3n) is 5.19. The van der Waals surface area contributed by atoms with E-state index < -0.39 is 5.54 Å². The summed E-state index contributed by atoms with van der Waals surface area (Å²) in [6.07, 6.45) is 9.37. The fourth-order valence-corrected chi connectivity index (χ4v) is 4.08. The number of amides is 1. The Hall–Kier alpha value is -0.610. The summed E-state index contributed by atoms with van der Waals surface area (Å²) >= 11 is 0. The predicted molar refractivity (Wildman–Crippen MR) is 80.3 cm³/mol. The van der Waals surface area contributed by atoms with Crippen molar-refractivity contribution >= 4 is 5.91 Å². The molecule has 3 N–H and O–H groups in total. The Balaban J connectivity index is 1.76. The fourth-order valence-electron chi connectivity index (χ4n) is 4.08. The Morgan fingerprint density at radius 1 is 1.30 bits per heavy atom. The van der Waals surface area contributed by atoms with Gasteiger partial charge in [0.25, 0.3) is 0 Å². The van der Waals surface area contributed by atoms with E-state index in [2.05, 4.69) is 5.32 Å². The van der Waals surface area contributed by atoms with E-state index in [0.717, 1.165) is 51.4 Å². The molecule has 2 rings (SSSR count). The number of hydrogen-bond acceptors (Lipinski definition) is 3. The maximum Gasteiger partial charge on any atom is 0.238 e. The van der Waals surface area contributed by atoms with E-state index >= 15 is 0 Å². The van der Waals surface area contributed by atoms with Crippen LogP contribution in [0.4, 0.5) is 0 Å². The molecular formula is C16H30N2O2. The number of rotatable bonds is 8. The highest BCUT2D eigenvalue weighted by Gasteiger charge is 2.46. The van der Waals surface area contributed by atoms with Gasteiger partial charge in [0.1, 0.15) is 5.54 Å². The molecular weight excluding hydrogens is 252 g/mol. The van der Waals surface area contributed by atoms with Crippen molar-refractivity contribution in [1.29, 1.82) is 0 Å². The van der Waals surface area contributed by atoms with E-state index in [1.54, 1.807) is 0 Å². The number of likely N-dealkylation sites (N-methyl/N-ethyl adjacent to an activating group) is 1. The van der Waals surface area contributed by atoms with Gasteiger partial charge in [-0.1, -0.05) is 26.2 Å². The van der Waals surface area contributed by atoms with Crippen molar-refractivity contribution < 1.29 is 9.53 Å². The minimum Gasteiger partial charge on any atom is -0.381 e. The van der Waals surface area contributed by atoms with Gasteiger partial charge in [-0.2, -0.15) is 0 Å². The van der Waals surface area contributed by atoms with Crippen LogP contribution in [0.25, 0.3) is 0 Å². The molecule has 20 heavy (non-hydrogen) atoms. The zero-order chi connectivity index (χ0) is 14.4. The molecule has 4 heteroatoms. The number of primary amides is 1. The Morgan fingerprint density at radius 3 is 2.70 bits per heavy atom. The molecule has 1 amide bonds. The standard InChI is InChI=1S/C16H30N2O2/c1-2-18-16(15(17)19)10-5-8-14(16)9-11-20-12-13-6-3-4-7-13/h13-14,18H,2-12H2,1H3,(H2,17,19). The summed E-state index contributed by atoms with van der Waals surface area (Å²) in [5.74, 6) is 0.925. The summed E-state index contributed by atoms with van der Waals surface area (Å²) in [6.45, 7) is 4.50. The molecule has 2 unspecified atom stereocenters. The number of nitrogens with one attached hydrogen (secondary N) is 1. The molecule has 0 aromatic carbocycles. The van der Waals surface area contributed by atoms with Gasteiger partial charge in [0.2, 0.25) is 5.91 Å². The molecule has 2 aliphatic carbocycles. The second kappa shape index (κ2) is 7.41. The zero-order valence-electron chi connectivity index (χ0n) is 12.8. The van der Waals surface area contributed by atoms with Crippen LogP contribution < -0.4 is 11.1 Å². The van der Waals surface area contributed by atoms with Crippen LogP contribution >= 0.6 is 0 Å². The van der Waals surface area contributed by atoms with Crippen LogP contribution in [-0.2, 0) is 9.53 Å². The molecule has 116 valence electrons. The third-order valence-corrected chi connectivity index (χ3v) is 5.19. The first-order chi connectivity index (χ1) is 9.69. The van der Waals surface area contributed by atoms with Gasteiger partial charge in [0.15, 0.2) is 0 Å². The van der Waals surface area contributed by atoms with E-state index in [1.807, 2.05) is 6.92 Å². The van der Waals surface area contributed by atoms with Crippen LogP contribution in [0.2, 0.25) is 0 Å². The van der Waals surface area contributed by atoms with Gasteiger partial charge >= 0.3 is 0 Å². The molecule has 2 fully saturated rings. The smallest absolute Gasteiger partial charge is 0.238 e. The molecule has 0 aromatic rings. The number of ether oxygens (including phenoxy) is 1. The van der Waals surface area contributed by atoms with Gasteiger partial charge in [-0.25, -0.2) is 0 Å². The van der Waals surface area contributed by atoms with Crippen LogP contribution in [0.3, 0.4) is 0 Å². The van der Waals surface area contributed by atoms with Crippen LogP contribution in [0.1, 0.15) is 58.3 Å². The Kier molecular flexibility index (Phi) is 5.85. The van der Waals surface area contributed by atoms with Crippen molar-refractivity contribution in [2.45, 2.75) is 63.8 Å². The van der Waals surface area contributed by atoms with Gasteiger partial charge in [0, 0.05) is 13.2 Å². The van der Waals surface area contributed by atoms with E-state index in [9.17, 15) is 4.79 Å². The first-order valence-corrected chi connectivity index (χ1v) is 8.31. The van der Waals surface area contributed by atoms with E-state index in [-0.39, 0.29) is 5.91 Å². The van der Waals surface area contributed by atoms with Gasteiger partial charge in [0.05, 0.1) is 0 Å². The Bertz CT molecular complexity index is 316. The van der Waals surface area contributed by atoms with Crippen LogP contribution in [0, 0.1) is 11.8 Å². The minimum absolute atomic E-state index is 0.183. The number of nitrogens with two attached hydrogens (primary N) is 1. The summed E-state index contributed by atoms with van der Waals surface area (Å²) in [5, 5.41) is 3.36. The first kappa shape index (κ1) is 15.8. The van der Waals surface area contributed by atoms with Crippen LogP contribution in [0.5, 0.6) is 0 Å². The lowest BCUT2D eigenvalue weighted by Crippen LogP contribution is -2.58. The summed E-state index contributed by atoms with van der Waals surface area (Å²) in [7, 11) is 0. The molecule has 0 saturated heterocycles. The molecule has 0 aliphatic heterocycles. The average molecular weight is 282 g/mol. The monoisotopic (exact) mass is 282 g/mol. The predicted octanol–water partition coefficient (Wildman–Crippen LogP) is 2.22. The van der Waals surface area contributed by atoms with Crippen molar-refractivity contribution in [2.24, 2.45) is 17.6 Å². The number of carbonyl (C=O) groups is 1. The molecule has 4 nitrogen and oxygen atoms in total. The highest BCUT2D eigenvalue weighted by molar-refractivity contribution is 5.85. The van der Waals surface area contributed by atoms with Gasteiger partial charge in [-0.05, 0) is 50.5 Å². The van der Waals surface area contributed by atoms with Crippen LogP contribution in [-0.4, -0.2) is 31.2 Å². The average Bonchev–Trinajstić information content (AvgIpc) is 3.05. The molecule has 0 bridgehead atoms. The van der Waals surface area contributed by atoms with Gasteiger partial charge in [-0.3, -0.25) is 4.79 Å². The topological polar surface area (TPSA) is 64.3 Å². The number of hydrogen-bond donors (Lipinski definition) is 2. The minimum atomic E-state index is -0.481. The van der Waals surface area contributed by atoms with Gasteiger partial charge in [-0.15, -0.1) is 0 Å². The van der Waals surface area contributed by atoms with E-state index in [4.69, 9.17) is 10.5 Å². The summed E-state index contributed by atoms with van der Waals surface area (Å²) in [6, 6.07) is 0. The third kappa shape index (κ3) is 3.53. The number of carbonyl (C=O) groups excluding carboxylic acids is 1. The first-order valence-electron chi connectivity index (χ1n) is 8.31. The second-order valence-electron chi connectivity index (χ2n) is 6.47. The van der Waals surface area contributed by atoms with Crippen molar-refractivity contribution in [2.75, 3.05) is 19.8 Å². The maximum atomic E-state index is 11.9. The lowest BCUT2D eigenvalue weighted by molar-refractivity contribution is -0.126. The Labute approximate surface area is 122 Å². The van der Waals surface area contributed by atoms with E-state index in [1.165, 1.54) is 25.7 Å². The molecule has 0 heterocycles. The highest BCUT2D eigenvalue weighted by atomic mass is 16.5. The normalized spacial score (nSPS) is 30.9. The maximum absolute atomic E-state index is 11.9. The SMILES string of the molecule is CCNC1(C(N)=O)CCCC1CCOCC1CCCC1. The Morgan fingerprint density at radius 2 is 2.05 bits per heavy atom. The second-order valence-corrected chi connectivity index (χ2v) is 6.47. The van der Waals surface area contributed by atoms with Crippen molar-refractivity contribution in [1.82, 2.24) is 5.32 Å². The largest absolute Gasteiger partial charge is 0.381 e. The summed E-state index contributed by atoms with van der Waals surface area (Å²) in [5.41, 5.74) is 5.19. The quantitative estimate of drug-likeness (QED) is 0.671. The fraction of sp³-hybridized carbons (Fsp3) is 0.938. The molecule has 2 atom stereocenters. The molecule has 0 spiro atoms. The van der Waals surface area contributed by atoms with Crippen LogP contribution in [0.15, 0.2) is 0 Å². The van der Waals surface area contributed by atoms with Crippen molar-refractivity contribution in [3.63, 3.8) is 0 Å². The van der Waals surface area contributed by atoms with E-state index in [0.29, 0.717) is 5.92 Å². The lowest BCUT2D eigenvalue weighted by atomic mass is 9.84. The highest BCUT2D eigenvalue weighted by Crippen LogP contribution is 2.38.